The Morgan fingerprint density at radius 1 is 1.45 bits per heavy atom. The third-order valence-electron chi connectivity index (χ3n) is 1.79. The predicted molar refractivity (Wildman–Crippen MR) is 43.2 cm³/mol. The van der Waals surface area contributed by atoms with Crippen LogP contribution in [-0.2, 0) is 9.47 Å². The van der Waals surface area contributed by atoms with Crippen LogP contribution < -0.4 is 5.73 Å². The summed E-state index contributed by atoms with van der Waals surface area (Å²) in [7, 11) is 0. The lowest BCUT2D eigenvalue weighted by molar-refractivity contribution is -0.162. The van der Waals surface area contributed by atoms with Gasteiger partial charge < -0.3 is 15.2 Å². The van der Waals surface area contributed by atoms with Gasteiger partial charge in [0.25, 0.3) is 0 Å². The molecule has 0 aromatic heterocycles. The Bertz CT molecular complexity index is 92.1. The molecule has 1 aliphatic rings. The smallest absolute Gasteiger partial charge is 0.157 e. The van der Waals surface area contributed by atoms with E-state index in [0.717, 1.165) is 26.1 Å². The van der Waals surface area contributed by atoms with E-state index in [1.807, 2.05) is 0 Å². The lowest BCUT2D eigenvalue weighted by Crippen LogP contribution is -2.23. The highest BCUT2D eigenvalue weighted by Gasteiger charge is 2.12. The summed E-state index contributed by atoms with van der Waals surface area (Å²) in [5.74, 6) is 0. The monoisotopic (exact) mass is 159 g/mol. The Hall–Kier alpha value is -0.120. The molecule has 3 nitrogen and oxygen atoms in total. The van der Waals surface area contributed by atoms with Crippen molar-refractivity contribution < 1.29 is 9.47 Å². The van der Waals surface area contributed by atoms with Gasteiger partial charge in [-0.1, -0.05) is 0 Å². The minimum absolute atomic E-state index is 0.0512. The minimum Gasteiger partial charge on any atom is -0.353 e. The van der Waals surface area contributed by atoms with Gasteiger partial charge in [-0.3, -0.25) is 0 Å². The van der Waals surface area contributed by atoms with Gasteiger partial charge in [0.15, 0.2) is 6.29 Å². The zero-order valence-electron chi connectivity index (χ0n) is 6.92. The molecule has 0 saturated carbocycles. The first-order valence-electron chi connectivity index (χ1n) is 4.37. The Balaban J connectivity index is 1.96. The van der Waals surface area contributed by atoms with Crippen LogP contribution in [-0.4, -0.2) is 26.0 Å². The van der Waals surface area contributed by atoms with Gasteiger partial charge in [-0.15, -0.1) is 0 Å². The minimum atomic E-state index is 0.0512. The van der Waals surface area contributed by atoms with E-state index in [4.69, 9.17) is 15.2 Å². The van der Waals surface area contributed by atoms with Gasteiger partial charge in [-0.25, -0.2) is 0 Å². The summed E-state index contributed by atoms with van der Waals surface area (Å²) in [5.41, 5.74) is 5.32. The van der Waals surface area contributed by atoms with Gasteiger partial charge in [0.1, 0.15) is 0 Å². The van der Waals surface area contributed by atoms with E-state index < -0.39 is 0 Å². The van der Waals surface area contributed by atoms with E-state index in [0.29, 0.717) is 6.54 Å². The van der Waals surface area contributed by atoms with Crippen molar-refractivity contribution in [3.63, 3.8) is 0 Å². The van der Waals surface area contributed by atoms with Gasteiger partial charge in [-0.05, 0) is 32.2 Å². The molecule has 0 aromatic carbocycles. The molecule has 1 atom stereocenters. The molecule has 3 heteroatoms. The summed E-state index contributed by atoms with van der Waals surface area (Å²) >= 11 is 0. The van der Waals surface area contributed by atoms with Crippen LogP contribution in [0, 0.1) is 0 Å². The number of hydrogen-bond donors (Lipinski definition) is 1. The van der Waals surface area contributed by atoms with Crippen LogP contribution in [0.3, 0.4) is 0 Å². The normalized spacial score (nSPS) is 25.4. The number of hydrogen-bond acceptors (Lipinski definition) is 3. The van der Waals surface area contributed by atoms with Gasteiger partial charge in [0, 0.05) is 6.61 Å². The van der Waals surface area contributed by atoms with E-state index in [1.54, 1.807) is 0 Å². The van der Waals surface area contributed by atoms with Gasteiger partial charge in [-0.2, -0.15) is 0 Å². The molecule has 0 amide bonds. The molecular formula is C8H17NO2. The summed E-state index contributed by atoms with van der Waals surface area (Å²) in [4.78, 5) is 0. The van der Waals surface area contributed by atoms with E-state index in [-0.39, 0.29) is 6.29 Å². The largest absolute Gasteiger partial charge is 0.353 e. The molecule has 1 fully saturated rings. The molecule has 1 heterocycles. The highest BCUT2D eigenvalue weighted by molar-refractivity contribution is 4.53. The van der Waals surface area contributed by atoms with Crippen LogP contribution in [0.25, 0.3) is 0 Å². The van der Waals surface area contributed by atoms with Crippen LogP contribution in [0.2, 0.25) is 0 Å². The second-order valence-electron chi connectivity index (χ2n) is 2.81. The zero-order chi connectivity index (χ0) is 7.94. The van der Waals surface area contributed by atoms with E-state index >= 15 is 0 Å². The van der Waals surface area contributed by atoms with E-state index in [2.05, 4.69) is 0 Å². The lowest BCUT2D eigenvalue weighted by Gasteiger charge is -2.22. The highest BCUT2D eigenvalue weighted by atomic mass is 16.7. The van der Waals surface area contributed by atoms with Crippen molar-refractivity contribution in [2.75, 3.05) is 19.8 Å². The van der Waals surface area contributed by atoms with Gasteiger partial charge in [0.2, 0.25) is 0 Å². The summed E-state index contributed by atoms with van der Waals surface area (Å²) < 4.78 is 10.8. The van der Waals surface area contributed by atoms with Crippen molar-refractivity contribution in [1.82, 2.24) is 0 Å². The second kappa shape index (κ2) is 5.52. The van der Waals surface area contributed by atoms with Crippen LogP contribution >= 0.6 is 0 Å². The molecular weight excluding hydrogens is 142 g/mol. The Morgan fingerprint density at radius 3 is 3.00 bits per heavy atom. The van der Waals surface area contributed by atoms with Crippen molar-refractivity contribution >= 4 is 0 Å². The average molecular weight is 159 g/mol. The van der Waals surface area contributed by atoms with Crippen molar-refractivity contribution in [1.29, 1.82) is 0 Å². The molecule has 1 rings (SSSR count). The number of nitrogens with two attached hydrogens (primary N) is 1. The standard InChI is InChI=1S/C8H17NO2/c9-5-3-7-11-8-4-1-2-6-10-8/h8H,1-7,9H2/t8-/m0/s1. The van der Waals surface area contributed by atoms with Crippen LogP contribution in [0.5, 0.6) is 0 Å². The molecule has 0 radical (unpaired) electrons. The average Bonchev–Trinajstić information content (AvgIpc) is 2.07. The zero-order valence-corrected chi connectivity index (χ0v) is 6.92. The molecule has 0 aliphatic carbocycles. The van der Waals surface area contributed by atoms with Crippen LogP contribution in [0.1, 0.15) is 25.7 Å². The van der Waals surface area contributed by atoms with Crippen LogP contribution in [0.15, 0.2) is 0 Å². The number of ether oxygens (including phenoxy) is 2. The molecule has 0 unspecified atom stereocenters. The third kappa shape index (κ3) is 3.70. The quantitative estimate of drug-likeness (QED) is 0.619. The van der Waals surface area contributed by atoms with Gasteiger partial charge >= 0.3 is 0 Å². The molecule has 11 heavy (non-hydrogen) atoms. The summed E-state index contributed by atoms with van der Waals surface area (Å²) in [6.07, 6.45) is 4.43. The van der Waals surface area contributed by atoms with E-state index in [1.165, 1.54) is 12.8 Å². The first-order valence-corrected chi connectivity index (χ1v) is 4.37. The Kier molecular flexibility index (Phi) is 4.50. The maximum absolute atomic E-state index is 5.42. The summed E-state index contributed by atoms with van der Waals surface area (Å²) in [6.45, 7) is 2.29. The van der Waals surface area contributed by atoms with E-state index in [9.17, 15) is 0 Å². The maximum atomic E-state index is 5.42. The molecule has 0 aromatic rings. The molecule has 2 N–H and O–H groups in total. The molecule has 1 saturated heterocycles. The van der Waals surface area contributed by atoms with Crippen molar-refractivity contribution in [3.8, 4) is 0 Å². The molecule has 0 bridgehead atoms. The fourth-order valence-electron chi connectivity index (χ4n) is 1.14. The van der Waals surface area contributed by atoms with Crippen molar-refractivity contribution in [2.24, 2.45) is 5.73 Å². The predicted octanol–water partition coefficient (Wildman–Crippen LogP) is 0.878. The van der Waals surface area contributed by atoms with Crippen LogP contribution in [0.4, 0.5) is 0 Å². The fourth-order valence-corrected chi connectivity index (χ4v) is 1.14. The summed E-state index contributed by atoms with van der Waals surface area (Å²) in [6, 6.07) is 0. The first kappa shape index (κ1) is 8.97. The second-order valence-corrected chi connectivity index (χ2v) is 2.81. The third-order valence-corrected chi connectivity index (χ3v) is 1.79. The summed E-state index contributed by atoms with van der Waals surface area (Å²) in [5, 5.41) is 0. The Labute approximate surface area is 67.9 Å². The fraction of sp³-hybridized carbons (Fsp3) is 1.00. The molecule has 66 valence electrons. The van der Waals surface area contributed by atoms with Crippen molar-refractivity contribution in [2.45, 2.75) is 32.0 Å². The number of rotatable bonds is 4. The molecule has 1 aliphatic heterocycles. The topological polar surface area (TPSA) is 44.5 Å². The molecule has 0 spiro atoms. The first-order chi connectivity index (χ1) is 5.43. The Morgan fingerprint density at radius 2 is 2.36 bits per heavy atom. The highest BCUT2D eigenvalue weighted by Crippen LogP contribution is 2.13. The SMILES string of the molecule is NCCCO[C@H]1CCCCO1. The van der Waals surface area contributed by atoms with Crippen molar-refractivity contribution in [3.05, 3.63) is 0 Å². The maximum Gasteiger partial charge on any atom is 0.157 e. The van der Waals surface area contributed by atoms with Gasteiger partial charge in [0.05, 0.1) is 6.61 Å². The lowest BCUT2D eigenvalue weighted by atomic mass is 10.2.